The van der Waals surface area contributed by atoms with Gasteiger partial charge in [-0.3, -0.25) is 0 Å². The molecule has 0 amide bonds. The van der Waals surface area contributed by atoms with Crippen molar-refractivity contribution in [2.24, 2.45) is 4.99 Å². The molecule has 16 heavy (non-hydrogen) atoms. The Balaban J connectivity index is 0.000000963. The van der Waals surface area contributed by atoms with Crippen molar-refractivity contribution in [3.8, 4) is 5.75 Å². The van der Waals surface area contributed by atoms with E-state index < -0.39 is 0 Å². The molecule has 0 aromatic heterocycles. The van der Waals surface area contributed by atoms with E-state index in [1.807, 2.05) is 48.5 Å². The first-order valence-corrected chi connectivity index (χ1v) is 4.83. The van der Waals surface area contributed by atoms with Crippen LogP contribution in [0.4, 0.5) is 5.69 Å². The Bertz CT molecular complexity index is 622. The number of benzene rings is 2. The Hall–Kier alpha value is -1.80. The van der Waals surface area contributed by atoms with E-state index in [-0.39, 0.29) is 12.4 Å². The van der Waals surface area contributed by atoms with E-state index in [1.54, 1.807) is 6.26 Å². The summed E-state index contributed by atoms with van der Waals surface area (Å²) in [4.78, 5) is 4.55. The first kappa shape index (κ1) is 10.7. The molecule has 1 aliphatic rings. The lowest BCUT2D eigenvalue weighted by atomic mass is 10.3. The Kier molecular flexibility index (Phi) is 2.93. The highest BCUT2D eigenvalue weighted by Crippen LogP contribution is 2.26. The van der Waals surface area contributed by atoms with Crippen molar-refractivity contribution in [2.45, 2.75) is 0 Å². The molecule has 0 saturated heterocycles. The zero-order chi connectivity index (χ0) is 10.1. The highest BCUT2D eigenvalue weighted by Gasteiger charge is 2.02. The van der Waals surface area contributed by atoms with Crippen LogP contribution < -0.4 is 15.3 Å². The van der Waals surface area contributed by atoms with Crippen LogP contribution in [0.5, 0.6) is 5.75 Å². The van der Waals surface area contributed by atoms with Crippen LogP contribution >= 0.6 is 12.4 Å². The summed E-state index contributed by atoms with van der Waals surface area (Å²) in [5.74, 6) is 0.800. The Morgan fingerprint density at radius 2 is 1.62 bits per heavy atom. The molecule has 0 radical (unpaired) electrons. The normalized spacial score (nSPS) is 11.5. The van der Waals surface area contributed by atoms with Gasteiger partial charge in [-0.25, -0.2) is 4.99 Å². The van der Waals surface area contributed by atoms with Crippen molar-refractivity contribution in [2.75, 3.05) is 0 Å². The van der Waals surface area contributed by atoms with Crippen LogP contribution in [0.3, 0.4) is 0 Å². The third-order valence-electron chi connectivity index (χ3n) is 2.36. The molecule has 1 heterocycles. The van der Waals surface area contributed by atoms with E-state index in [0.29, 0.717) is 0 Å². The van der Waals surface area contributed by atoms with Crippen molar-refractivity contribution < 1.29 is 4.74 Å². The number of nitrogens with zero attached hydrogens (tertiary/aromatic N) is 1. The Morgan fingerprint density at radius 1 is 0.875 bits per heavy atom. The van der Waals surface area contributed by atoms with Crippen molar-refractivity contribution in [3.63, 3.8) is 0 Å². The molecule has 0 saturated carbocycles. The summed E-state index contributed by atoms with van der Waals surface area (Å²) in [6, 6.07) is 15.7. The van der Waals surface area contributed by atoms with Gasteiger partial charge in [0.15, 0.2) is 5.75 Å². The summed E-state index contributed by atoms with van der Waals surface area (Å²) >= 11 is 0. The highest BCUT2D eigenvalue weighted by molar-refractivity contribution is 5.85. The lowest BCUT2D eigenvalue weighted by molar-refractivity contribution is 0.543. The van der Waals surface area contributed by atoms with Gasteiger partial charge in [0.25, 0.3) is 0 Å². The van der Waals surface area contributed by atoms with Crippen LogP contribution in [-0.4, -0.2) is 0 Å². The minimum Gasteiger partial charge on any atom is -0.462 e. The lowest BCUT2D eigenvalue weighted by Gasteiger charge is -2.00. The fourth-order valence-corrected chi connectivity index (χ4v) is 1.59. The summed E-state index contributed by atoms with van der Waals surface area (Å²) in [6.45, 7) is 0. The van der Waals surface area contributed by atoms with Gasteiger partial charge >= 0.3 is 0 Å². The predicted molar refractivity (Wildman–Crippen MR) is 65.7 cm³/mol. The second-order valence-corrected chi connectivity index (χ2v) is 3.37. The van der Waals surface area contributed by atoms with Crippen molar-refractivity contribution >= 4 is 24.4 Å². The number of hydrogen-bond acceptors (Lipinski definition) is 2. The van der Waals surface area contributed by atoms with Gasteiger partial charge in [-0.05, 0) is 24.3 Å². The minimum atomic E-state index is 0. The van der Waals surface area contributed by atoms with Crippen molar-refractivity contribution in [1.29, 1.82) is 0 Å². The molecule has 80 valence electrons. The fourth-order valence-electron chi connectivity index (χ4n) is 1.59. The van der Waals surface area contributed by atoms with Crippen molar-refractivity contribution in [3.05, 3.63) is 59.1 Å². The molecule has 2 aromatic carbocycles. The van der Waals surface area contributed by atoms with Crippen LogP contribution in [-0.2, 0) is 0 Å². The highest BCUT2D eigenvalue weighted by atomic mass is 35.5. The number of para-hydroxylation sites is 3. The molecule has 1 aliphatic heterocycles. The topological polar surface area (TPSA) is 21.6 Å². The molecule has 0 atom stereocenters. The van der Waals surface area contributed by atoms with E-state index in [1.165, 1.54) is 0 Å². The smallest absolute Gasteiger partial charge is 0.152 e. The molecule has 3 rings (SSSR count). The number of hydrogen-bond donors (Lipinski definition) is 0. The third kappa shape index (κ3) is 1.79. The van der Waals surface area contributed by atoms with Gasteiger partial charge in [-0.15, -0.1) is 12.4 Å². The fraction of sp³-hybridized carbons (Fsp3) is 0. The first-order valence-electron chi connectivity index (χ1n) is 4.83. The van der Waals surface area contributed by atoms with E-state index in [2.05, 4.69) is 4.99 Å². The van der Waals surface area contributed by atoms with Crippen LogP contribution in [0.1, 0.15) is 0 Å². The summed E-state index contributed by atoms with van der Waals surface area (Å²) in [7, 11) is 0. The van der Waals surface area contributed by atoms with Crippen LogP contribution in [0, 0.1) is 0 Å². The molecule has 0 bridgehead atoms. The first-order chi connectivity index (χ1) is 7.43. The van der Waals surface area contributed by atoms with Gasteiger partial charge in [0, 0.05) is 5.22 Å². The van der Waals surface area contributed by atoms with Crippen LogP contribution in [0.25, 0.3) is 6.26 Å². The van der Waals surface area contributed by atoms with Gasteiger partial charge in [-0.2, -0.15) is 0 Å². The monoisotopic (exact) mass is 231 g/mol. The number of ether oxygens (including phenoxy) is 1. The molecule has 3 heteroatoms. The third-order valence-corrected chi connectivity index (χ3v) is 2.36. The van der Waals surface area contributed by atoms with Crippen LogP contribution in [0.2, 0.25) is 0 Å². The SMILES string of the molecule is C1=c2ccccc2=Nc2ccccc2O1.Cl. The molecule has 0 spiro atoms. The van der Waals surface area contributed by atoms with Gasteiger partial charge < -0.3 is 4.74 Å². The molecular weight excluding hydrogens is 222 g/mol. The van der Waals surface area contributed by atoms with Gasteiger partial charge in [0.05, 0.1) is 5.36 Å². The van der Waals surface area contributed by atoms with E-state index in [0.717, 1.165) is 22.0 Å². The van der Waals surface area contributed by atoms with Gasteiger partial charge in [0.1, 0.15) is 11.9 Å². The Morgan fingerprint density at radius 3 is 2.56 bits per heavy atom. The standard InChI is InChI=1S/C13H9NO.ClH/c1-2-6-11-10(5-1)9-15-13-8-4-3-7-12(13)14-11;/h1-9H;1H. The zero-order valence-electron chi connectivity index (χ0n) is 8.46. The van der Waals surface area contributed by atoms with E-state index >= 15 is 0 Å². The van der Waals surface area contributed by atoms with Gasteiger partial charge in [-0.1, -0.05) is 24.3 Å². The quantitative estimate of drug-likeness (QED) is 0.681. The van der Waals surface area contributed by atoms with E-state index in [9.17, 15) is 0 Å². The molecule has 2 nitrogen and oxygen atoms in total. The number of fused-ring (bicyclic) bond motifs is 2. The Labute approximate surface area is 99.3 Å². The predicted octanol–water partition coefficient (Wildman–Crippen LogP) is 2.19. The summed E-state index contributed by atoms with van der Waals surface area (Å²) in [5.41, 5.74) is 0.874. The molecule has 0 fully saturated rings. The van der Waals surface area contributed by atoms with Crippen LogP contribution in [0.15, 0.2) is 53.5 Å². The molecule has 0 unspecified atom stereocenters. The maximum Gasteiger partial charge on any atom is 0.152 e. The molecular formula is C13H10ClNO. The maximum atomic E-state index is 5.56. The minimum absolute atomic E-state index is 0. The lowest BCUT2D eigenvalue weighted by Crippen LogP contribution is -2.23. The maximum absolute atomic E-state index is 5.56. The molecule has 2 aromatic rings. The average Bonchev–Trinajstić information content (AvgIpc) is 2.48. The largest absolute Gasteiger partial charge is 0.462 e. The summed E-state index contributed by atoms with van der Waals surface area (Å²) < 4.78 is 5.56. The molecule has 0 N–H and O–H groups in total. The second-order valence-electron chi connectivity index (χ2n) is 3.37. The second kappa shape index (κ2) is 4.37. The number of halogens is 1. The van der Waals surface area contributed by atoms with Crippen molar-refractivity contribution in [1.82, 2.24) is 0 Å². The zero-order valence-corrected chi connectivity index (χ0v) is 9.28. The molecule has 0 aliphatic carbocycles. The average molecular weight is 232 g/mol. The summed E-state index contributed by atoms with van der Waals surface area (Å²) in [5, 5.41) is 1.95. The number of rotatable bonds is 0. The summed E-state index contributed by atoms with van der Waals surface area (Å²) in [6.07, 6.45) is 1.74. The van der Waals surface area contributed by atoms with Gasteiger partial charge in [0.2, 0.25) is 0 Å². The van der Waals surface area contributed by atoms with E-state index in [4.69, 9.17) is 4.74 Å².